The Hall–Kier alpha value is 0.124. The average molecular weight is 422 g/mol. The monoisotopic (exact) mass is 421 g/mol. The quantitative estimate of drug-likeness (QED) is 0.256. The maximum absolute atomic E-state index is 2.56. The summed E-state index contributed by atoms with van der Waals surface area (Å²) in [5.74, 6) is 0. The molecule has 0 bridgehead atoms. The van der Waals surface area contributed by atoms with Crippen molar-refractivity contribution in [3.63, 3.8) is 0 Å². The summed E-state index contributed by atoms with van der Waals surface area (Å²) >= 11 is 0. The van der Waals surface area contributed by atoms with E-state index < -0.39 is 16.1 Å². The van der Waals surface area contributed by atoms with Gasteiger partial charge in [-0.1, -0.05) is 91.7 Å². The third kappa shape index (κ3) is 4.40. The molecule has 1 aromatic carbocycles. The molecule has 0 spiro atoms. The van der Waals surface area contributed by atoms with Crippen molar-refractivity contribution in [1.82, 2.24) is 0 Å². The second-order valence-corrected chi connectivity index (χ2v) is 27.3. The van der Waals surface area contributed by atoms with Crippen molar-refractivity contribution in [3.8, 4) is 0 Å². The fraction of sp³-hybridized carbons (Fsp3) is 0.636. The summed E-state index contributed by atoms with van der Waals surface area (Å²) in [5, 5.41) is 1.92. The van der Waals surface area contributed by atoms with E-state index in [2.05, 4.69) is 99.0 Å². The van der Waals surface area contributed by atoms with E-state index >= 15 is 0 Å². The summed E-state index contributed by atoms with van der Waals surface area (Å²) in [7, 11) is -1.13. The van der Waals surface area contributed by atoms with Crippen molar-refractivity contribution in [2.75, 3.05) is 0 Å². The molecule has 146 valence electrons. The predicted molar refractivity (Wildman–Crippen MR) is 131 cm³/mol. The van der Waals surface area contributed by atoms with Crippen LogP contribution in [0, 0.1) is 9.96 Å². The maximum atomic E-state index is 2.56. The number of benzene rings is 1. The predicted octanol–water partition coefficient (Wildman–Crippen LogP) is 8.35. The zero-order valence-corrected chi connectivity index (χ0v) is 22.9. The van der Waals surface area contributed by atoms with Gasteiger partial charge in [0.25, 0.3) is 0 Å². The molecule has 0 aliphatic carbocycles. The summed E-state index contributed by atoms with van der Waals surface area (Å²) in [4.78, 5) is 1.73. The Labute approximate surface area is 167 Å². The SMILES string of the molecule is CC(C)(C)c1c[cH-]cc(C(C)(C)C)c1=[P+]1C([Si](C)(C)C)=P[C-]1[Si](C)(C)C. The fourth-order valence-electron chi connectivity index (χ4n) is 3.47. The van der Waals surface area contributed by atoms with Crippen molar-refractivity contribution in [1.29, 1.82) is 0 Å². The van der Waals surface area contributed by atoms with Gasteiger partial charge in [-0.2, -0.15) is 18.2 Å². The second-order valence-electron chi connectivity index (χ2n) is 11.8. The van der Waals surface area contributed by atoms with Gasteiger partial charge < -0.3 is 0 Å². The Balaban J connectivity index is 3.05. The molecule has 1 heterocycles. The van der Waals surface area contributed by atoms with Gasteiger partial charge in [0.15, 0.2) is 0 Å². The van der Waals surface area contributed by atoms with Gasteiger partial charge in [0.05, 0.1) is 4.66 Å². The van der Waals surface area contributed by atoms with Crippen LogP contribution in [-0.4, -0.2) is 20.8 Å². The largest absolute Gasteiger partial charge is 0.201 e. The molecule has 4 heteroatoms. The Morgan fingerprint density at radius 3 is 1.58 bits per heavy atom. The summed E-state index contributed by atoms with van der Waals surface area (Å²) < 4.78 is 1.92. The van der Waals surface area contributed by atoms with Gasteiger partial charge in [0.1, 0.15) is 8.07 Å². The highest BCUT2D eigenvalue weighted by Gasteiger charge is 2.41. The van der Waals surface area contributed by atoms with Crippen molar-refractivity contribution in [2.45, 2.75) is 91.7 Å². The van der Waals surface area contributed by atoms with Crippen LogP contribution < -0.4 is 0 Å². The summed E-state index contributed by atoms with van der Waals surface area (Å²) in [5.41, 5.74) is 3.58. The lowest BCUT2D eigenvalue weighted by Gasteiger charge is -2.46. The molecule has 0 fully saturated rings. The first kappa shape index (κ1) is 22.4. The molecule has 26 heavy (non-hydrogen) atoms. The van der Waals surface area contributed by atoms with Crippen molar-refractivity contribution in [3.05, 3.63) is 39.3 Å². The van der Waals surface area contributed by atoms with Crippen LogP contribution in [0.25, 0.3) is 0 Å². The van der Waals surface area contributed by atoms with Crippen LogP contribution in [0.2, 0.25) is 39.3 Å². The minimum Gasteiger partial charge on any atom is -0.201 e. The standard InChI is InChI=1S/C22H39P2Si2/c1-21(2,3)16-14-13-15-17(22(4,5)6)18(16)24-19(25(7,8)9)23-20(24)26(10,11)12/h13-15H,1-12H3/q-1. The van der Waals surface area contributed by atoms with Crippen molar-refractivity contribution < 1.29 is 0 Å². The maximum Gasteiger partial charge on any atom is 0.130 e. The molecule has 1 aliphatic heterocycles. The molecule has 2 rings (SSSR count). The Morgan fingerprint density at radius 1 is 0.846 bits per heavy atom. The lowest BCUT2D eigenvalue weighted by Crippen LogP contribution is -2.39. The van der Waals surface area contributed by atoms with Crippen LogP contribution in [0.5, 0.6) is 0 Å². The van der Waals surface area contributed by atoms with E-state index in [1.165, 1.54) is 0 Å². The molecule has 0 amide bonds. The molecule has 0 saturated heterocycles. The second kappa shape index (κ2) is 6.87. The zero-order valence-electron chi connectivity index (χ0n) is 19.1. The summed E-state index contributed by atoms with van der Waals surface area (Å²) in [6.45, 7) is 29.7. The van der Waals surface area contributed by atoms with Crippen LogP contribution in [-0.2, 0) is 10.8 Å². The minimum atomic E-state index is -1.27. The normalized spacial score (nSPS) is 19.2. The molecule has 1 unspecified atom stereocenters. The average Bonchev–Trinajstić information content (AvgIpc) is 2.31. The summed E-state index contributed by atoms with van der Waals surface area (Å²) in [6.07, 6.45) is 0. The first-order valence-electron chi connectivity index (χ1n) is 9.86. The van der Waals surface area contributed by atoms with Crippen molar-refractivity contribution in [2.24, 2.45) is 0 Å². The molecule has 0 N–H and O–H groups in total. The molecule has 0 aromatic heterocycles. The van der Waals surface area contributed by atoms with Gasteiger partial charge in [-0.3, -0.25) is 0 Å². The van der Waals surface area contributed by atoms with Gasteiger partial charge in [-0.15, -0.1) is 11.1 Å². The zero-order chi connectivity index (χ0) is 20.3. The van der Waals surface area contributed by atoms with Gasteiger partial charge in [0, 0.05) is 4.94 Å². The highest BCUT2D eigenvalue weighted by Crippen LogP contribution is 2.66. The minimum absolute atomic E-state index is 0.195. The lowest BCUT2D eigenvalue weighted by atomic mass is 9.81. The number of rotatable bonds is 2. The Bertz CT molecular complexity index is 750. The molecule has 1 aromatic rings. The van der Waals surface area contributed by atoms with Crippen LogP contribution in [0.15, 0.2) is 18.2 Å². The van der Waals surface area contributed by atoms with E-state index in [1.807, 2.05) is 9.68 Å². The van der Waals surface area contributed by atoms with E-state index in [9.17, 15) is 0 Å². The van der Waals surface area contributed by atoms with Crippen LogP contribution >= 0.6 is 15.7 Å². The van der Waals surface area contributed by atoms with Crippen LogP contribution in [0.3, 0.4) is 0 Å². The van der Waals surface area contributed by atoms with Crippen molar-refractivity contribution >= 4 is 36.6 Å². The van der Waals surface area contributed by atoms with E-state index in [0.29, 0.717) is 0 Å². The first-order valence-corrected chi connectivity index (χ1v) is 19.1. The van der Waals surface area contributed by atoms with Crippen LogP contribution in [0.1, 0.15) is 52.7 Å². The summed E-state index contributed by atoms with van der Waals surface area (Å²) in [6, 6.07) is 7.15. The van der Waals surface area contributed by atoms with Gasteiger partial charge in [-0.25, -0.2) is 8.20 Å². The highest BCUT2D eigenvalue weighted by atomic mass is 31.2. The van der Waals surface area contributed by atoms with E-state index in [-0.39, 0.29) is 18.4 Å². The third-order valence-electron chi connectivity index (χ3n) is 4.85. The molecular weight excluding hydrogens is 382 g/mol. The Morgan fingerprint density at radius 2 is 1.27 bits per heavy atom. The first-order chi connectivity index (χ1) is 11.5. The molecule has 1 aliphatic rings. The molecule has 0 nitrogen and oxygen atoms in total. The van der Waals surface area contributed by atoms with E-state index in [1.54, 1.807) is 24.3 Å². The lowest BCUT2D eigenvalue weighted by molar-refractivity contribution is 0.565. The smallest absolute Gasteiger partial charge is 0.130 e. The molecule has 0 radical (unpaired) electrons. The van der Waals surface area contributed by atoms with Gasteiger partial charge >= 0.3 is 0 Å². The van der Waals surface area contributed by atoms with E-state index in [4.69, 9.17) is 0 Å². The Kier molecular flexibility index (Phi) is 5.92. The topological polar surface area (TPSA) is 0 Å². The highest BCUT2D eigenvalue weighted by molar-refractivity contribution is 8.06. The molecular formula is C22H39P2Si2-. The third-order valence-corrected chi connectivity index (χ3v) is 21.6. The van der Waals surface area contributed by atoms with Gasteiger partial charge in [0.2, 0.25) is 0 Å². The van der Waals surface area contributed by atoms with Gasteiger partial charge in [-0.05, 0) is 20.6 Å². The van der Waals surface area contributed by atoms with E-state index in [0.717, 1.165) is 0 Å². The molecule has 1 atom stereocenters. The fourth-order valence-corrected chi connectivity index (χ4v) is 19.4. The molecule has 0 saturated carbocycles. The number of hydrogen-bond donors (Lipinski definition) is 0. The number of hydrogen-bond acceptors (Lipinski definition) is 0. The van der Waals surface area contributed by atoms with Crippen LogP contribution in [0.4, 0.5) is 0 Å².